The van der Waals surface area contributed by atoms with Crippen LogP contribution in [0, 0.1) is 0 Å². The van der Waals surface area contributed by atoms with E-state index in [0.717, 1.165) is 18.7 Å². The number of carbonyl (C=O) groups is 1. The maximum Gasteiger partial charge on any atom is 0.321 e. The number of carbonyl (C=O) groups excluding carboxylic acids is 1. The number of nitrogens with zero attached hydrogens (tertiary/aromatic N) is 4. The fourth-order valence-corrected chi connectivity index (χ4v) is 2.67. The summed E-state index contributed by atoms with van der Waals surface area (Å²) in [5.74, 6) is 0.707. The van der Waals surface area contributed by atoms with Crippen molar-refractivity contribution in [2.45, 2.75) is 0 Å². The molecule has 124 valence electrons. The topological polar surface area (TPSA) is 61.4 Å². The number of amides is 2. The summed E-state index contributed by atoms with van der Waals surface area (Å²) < 4.78 is 0. The highest BCUT2D eigenvalue weighted by Crippen LogP contribution is 2.12. The van der Waals surface area contributed by atoms with Gasteiger partial charge in [0.05, 0.1) is 0 Å². The summed E-state index contributed by atoms with van der Waals surface area (Å²) in [6, 6.07) is 9.12. The molecule has 0 spiro atoms. The monoisotopic (exact) mass is 343 g/mol. The number of hydrogen-bond donors (Lipinski definition) is 1. The van der Waals surface area contributed by atoms with Crippen molar-refractivity contribution >= 4 is 29.7 Å². The SMILES string of the molecule is O=C(N/C=C/c1cccc(Cl)c1)N1CCN(c2ncccn2)CC1. The summed E-state index contributed by atoms with van der Waals surface area (Å²) in [6.07, 6.45) is 6.91. The van der Waals surface area contributed by atoms with Crippen LogP contribution >= 0.6 is 11.6 Å². The van der Waals surface area contributed by atoms with Gasteiger partial charge in [0.25, 0.3) is 0 Å². The van der Waals surface area contributed by atoms with E-state index in [-0.39, 0.29) is 6.03 Å². The van der Waals surface area contributed by atoms with Gasteiger partial charge in [-0.25, -0.2) is 14.8 Å². The van der Waals surface area contributed by atoms with E-state index in [1.165, 1.54) is 0 Å². The quantitative estimate of drug-likeness (QED) is 0.930. The van der Waals surface area contributed by atoms with E-state index in [1.807, 2.05) is 30.3 Å². The molecule has 1 fully saturated rings. The van der Waals surface area contributed by atoms with Gasteiger partial charge in [-0.1, -0.05) is 23.7 Å². The van der Waals surface area contributed by atoms with E-state index in [1.54, 1.807) is 29.6 Å². The molecule has 1 aliphatic heterocycles. The number of anilines is 1. The van der Waals surface area contributed by atoms with Crippen LogP contribution in [0.3, 0.4) is 0 Å². The second-order valence-electron chi connectivity index (χ2n) is 5.36. The molecule has 2 heterocycles. The fraction of sp³-hybridized carbons (Fsp3) is 0.235. The standard InChI is InChI=1S/C17H18ClN5O/c18-15-4-1-3-14(13-15)5-8-21-17(24)23-11-9-22(10-12-23)16-19-6-2-7-20-16/h1-8,13H,9-12H2,(H,21,24)/b8-5+. The zero-order valence-corrected chi connectivity index (χ0v) is 13.9. The van der Waals surface area contributed by atoms with Gasteiger partial charge in [0.1, 0.15) is 0 Å². The first-order chi connectivity index (χ1) is 11.7. The number of hydrogen-bond acceptors (Lipinski definition) is 4. The van der Waals surface area contributed by atoms with Crippen molar-refractivity contribution in [2.75, 3.05) is 31.1 Å². The number of rotatable bonds is 3. The van der Waals surface area contributed by atoms with Gasteiger partial charge in [-0.3, -0.25) is 0 Å². The molecule has 1 saturated heterocycles. The zero-order chi connectivity index (χ0) is 16.8. The van der Waals surface area contributed by atoms with E-state index in [0.29, 0.717) is 24.1 Å². The average molecular weight is 344 g/mol. The largest absolute Gasteiger partial charge is 0.337 e. The molecule has 0 atom stereocenters. The van der Waals surface area contributed by atoms with Gasteiger partial charge in [0.15, 0.2) is 0 Å². The van der Waals surface area contributed by atoms with Crippen LogP contribution in [0.4, 0.5) is 10.7 Å². The van der Waals surface area contributed by atoms with Gasteiger partial charge in [-0.15, -0.1) is 0 Å². The van der Waals surface area contributed by atoms with Crippen LogP contribution in [-0.4, -0.2) is 47.1 Å². The minimum absolute atomic E-state index is 0.109. The lowest BCUT2D eigenvalue weighted by Crippen LogP contribution is -2.51. The van der Waals surface area contributed by atoms with Crippen LogP contribution in [-0.2, 0) is 0 Å². The number of benzene rings is 1. The lowest BCUT2D eigenvalue weighted by molar-refractivity contribution is 0.198. The molecule has 1 aromatic carbocycles. The minimum atomic E-state index is -0.109. The Labute approximate surface area is 145 Å². The Morgan fingerprint density at radius 1 is 1.12 bits per heavy atom. The predicted octanol–water partition coefficient (Wildman–Crippen LogP) is 2.63. The van der Waals surface area contributed by atoms with Gasteiger partial charge >= 0.3 is 6.03 Å². The number of aromatic nitrogens is 2. The molecular weight excluding hydrogens is 326 g/mol. The highest BCUT2D eigenvalue weighted by Gasteiger charge is 2.21. The molecule has 1 N–H and O–H groups in total. The third-order valence-electron chi connectivity index (χ3n) is 3.73. The van der Waals surface area contributed by atoms with Crippen LogP contribution in [0.25, 0.3) is 6.08 Å². The summed E-state index contributed by atoms with van der Waals surface area (Å²) in [4.78, 5) is 24.5. The van der Waals surface area contributed by atoms with Gasteiger partial charge in [0.2, 0.25) is 5.95 Å². The molecule has 1 aromatic heterocycles. The summed E-state index contributed by atoms with van der Waals surface area (Å²) >= 11 is 5.93. The molecule has 0 bridgehead atoms. The Bertz CT molecular complexity index is 714. The third kappa shape index (κ3) is 4.23. The van der Waals surface area contributed by atoms with E-state index >= 15 is 0 Å². The number of piperazine rings is 1. The molecule has 2 amide bonds. The highest BCUT2D eigenvalue weighted by atomic mass is 35.5. The molecule has 24 heavy (non-hydrogen) atoms. The van der Waals surface area contributed by atoms with Crippen molar-refractivity contribution in [2.24, 2.45) is 0 Å². The molecule has 3 rings (SSSR count). The van der Waals surface area contributed by atoms with Crippen LogP contribution in [0.5, 0.6) is 0 Å². The first kappa shape index (κ1) is 16.3. The van der Waals surface area contributed by atoms with Crippen molar-refractivity contribution < 1.29 is 4.79 Å². The minimum Gasteiger partial charge on any atom is -0.337 e. The Kier molecular flexibility index (Phi) is 5.28. The molecule has 1 aliphatic rings. The Hall–Kier alpha value is -2.60. The summed E-state index contributed by atoms with van der Waals surface area (Å²) in [5.41, 5.74) is 0.939. The predicted molar refractivity (Wildman–Crippen MR) is 94.8 cm³/mol. The maximum atomic E-state index is 12.2. The van der Waals surface area contributed by atoms with Gasteiger partial charge in [0, 0.05) is 49.8 Å². The Balaban J connectivity index is 1.49. The Morgan fingerprint density at radius 3 is 2.58 bits per heavy atom. The number of urea groups is 1. The van der Waals surface area contributed by atoms with Crippen molar-refractivity contribution in [1.29, 1.82) is 0 Å². The molecule has 2 aromatic rings. The maximum absolute atomic E-state index is 12.2. The lowest BCUT2D eigenvalue weighted by Gasteiger charge is -2.34. The summed E-state index contributed by atoms with van der Waals surface area (Å²) in [6.45, 7) is 2.70. The molecule has 7 heteroatoms. The zero-order valence-electron chi connectivity index (χ0n) is 13.1. The number of halogens is 1. The van der Waals surface area contributed by atoms with Crippen molar-refractivity contribution in [3.63, 3.8) is 0 Å². The molecule has 0 saturated carbocycles. The smallest absolute Gasteiger partial charge is 0.321 e. The first-order valence-electron chi connectivity index (χ1n) is 7.72. The van der Waals surface area contributed by atoms with Gasteiger partial charge in [-0.05, 0) is 29.8 Å². The Morgan fingerprint density at radius 2 is 1.88 bits per heavy atom. The molecule has 0 unspecified atom stereocenters. The molecule has 0 radical (unpaired) electrons. The van der Waals surface area contributed by atoms with Crippen molar-refractivity contribution in [3.05, 3.63) is 59.5 Å². The third-order valence-corrected chi connectivity index (χ3v) is 3.97. The number of nitrogens with one attached hydrogen (secondary N) is 1. The molecular formula is C17H18ClN5O. The fourth-order valence-electron chi connectivity index (χ4n) is 2.47. The highest BCUT2D eigenvalue weighted by molar-refractivity contribution is 6.30. The van der Waals surface area contributed by atoms with Gasteiger partial charge < -0.3 is 15.1 Å². The van der Waals surface area contributed by atoms with E-state index in [9.17, 15) is 4.79 Å². The molecule has 6 nitrogen and oxygen atoms in total. The summed E-state index contributed by atoms with van der Waals surface area (Å²) in [5, 5.41) is 3.46. The van der Waals surface area contributed by atoms with Crippen LogP contribution < -0.4 is 10.2 Å². The van der Waals surface area contributed by atoms with Crippen molar-refractivity contribution in [1.82, 2.24) is 20.2 Å². The normalized spacial score (nSPS) is 14.9. The van der Waals surface area contributed by atoms with E-state index in [2.05, 4.69) is 20.2 Å². The second kappa shape index (κ2) is 7.79. The second-order valence-corrected chi connectivity index (χ2v) is 5.80. The lowest BCUT2D eigenvalue weighted by atomic mass is 10.2. The van der Waals surface area contributed by atoms with E-state index < -0.39 is 0 Å². The summed E-state index contributed by atoms with van der Waals surface area (Å²) in [7, 11) is 0. The average Bonchev–Trinajstić information content (AvgIpc) is 2.63. The van der Waals surface area contributed by atoms with Crippen molar-refractivity contribution in [3.8, 4) is 0 Å². The van der Waals surface area contributed by atoms with E-state index in [4.69, 9.17) is 11.6 Å². The van der Waals surface area contributed by atoms with Crippen LogP contribution in [0.15, 0.2) is 48.9 Å². The van der Waals surface area contributed by atoms with Gasteiger partial charge in [-0.2, -0.15) is 0 Å². The molecule has 0 aliphatic carbocycles. The van der Waals surface area contributed by atoms with Crippen LogP contribution in [0.2, 0.25) is 5.02 Å². The van der Waals surface area contributed by atoms with Crippen LogP contribution in [0.1, 0.15) is 5.56 Å². The first-order valence-corrected chi connectivity index (χ1v) is 8.10.